The van der Waals surface area contributed by atoms with Crippen LogP contribution in [-0.4, -0.2) is 51.8 Å². The number of hydrogen-bond acceptors (Lipinski definition) is 7. The fourth-order valence-electron chi connectivity index (χ4n) is 1.87. The van der Waals surface area contributed by atoms with Crippen LogP contribution in [0.15, 0.2) is 0 Å². The summed E-state index contributed by atoms with van der Waals surface area (Å²) >= 11 is 0. The number of carbonyl (C=O) groups is 6. The lowest BCUT2D eigenvalue weighted by Crippen LogP contribution is -2.43. The largest absolute Gasteiger partial charge is 0.480 e. The van der Waals surface area contributed by atoms with Gasteiger partial charge in [0.1, 0.15) is 6.04 Å². The molecule has 0 bridgehead atoms. The minimum atomic E-state index is -1.44. The summed E-state index contributed by atoms with van der Waals surface area (Å²) < 4.78 is 0. The van der Waals surface area contributed by atoms with Gasteiger partial charge in [0, 0.05) is 25.7 Å². The lowest BCUT2D eigenvalue weighted by Gasteiger charge is -2.13. The Morgan fingerprint density at radius 3 is 2.25 bits per heavy atom. The molecule has 132 valence electrons. The van der Waals surface area contributed by atoms with E-state index in [9.17, 15) is 28.8 Å². The quantitative estimate of drug-likeness (QED) is 0.411. The van der Waals surface area contributed by atoms with Crippen LogP contribution in [0.1, 0.15) is 38.5 Å². The van der Waals surface area contributed by atoms with Crippen molar-refractivity contribution in [2.24, 2.45) is 5.73 Å². The van der Waals surface area contributed by atoms with Crippen molar-refractivity contribution in [2.45, 2.75) is 44.6 Å². The smallest absolute Gasteiger partial charge is 0.333 e. The fraction of sp³-hybridized carbons (Fsp3) is 0.538. The number of primary amides is 1. The maximum Gasteiger partial charge on any atom is 0.333 e. The molecule has 0 aromatic carbocycles. The molecule has 0 radical (unpaired) electrons. The lowest BCUT2D eigenvalue weighted by atomic mass is 10.1. The summed E-state index contributed by atoms with van der Waals surface area (Å²) in [5.74, 6) is -5.06. The number of rotatable bonds is 9. The molecular weight excluding hydrogens is 326 g/mol. The molecule has 1 heterocycles. The van der Waals surface area contributed by atoms with E-state index in [1.54, 1.807) is 0 Å². The normalized spacial score (nSPS) is 15.1. The average Bonchev–Trinajstić information content (AvgIpc) is 2.78. The number of nitrogens with two attached hydrogens (primary N) is 1. The van der Waals surface area contributed by atoms with Gasteiger partial charge in [-0.3, -0.25) is 19.2 Å². The summed E-state index contributed by atoms with van der Waals surface area (Å²) in [5, 5.41) is 11.3. The first-order valence-electron chi connectivity index (χ1n) is 7.07. The molecule has 11 nitrogen and oxygen atoms in total. The average molecular weight is 343 g/mol. The monoisotopic (exact) mass is 343 g/mol. The number of hydrogen-bond donors (Lipinski definition) is 3. The first-order chi connectivity index (χ1) is 11.2. The van der Waals surface area contributed by atoms with E-state index in [1.807, 2.05) is 0 Å². The molecule has 0 unspecified atom stereocenters. The molecule has 4 amide bonds. The highest BCUT2D eigenvalue weighted by Crippen LogP contribution is 2.13. The fourth-order valence-corrected chi connectivity index (χ4v) is 1.87. The van der Waals surface area contributed by atoms with E-state index in [0.29, 0.717) is 5.06 Å². The second kappa shape index (κ2) is 8.60. The Labute approximate surface area is 136 Å². The van der Waals surface area contributed by atoms with Crippen LogP contribution in [0.3, 0.4) is 0 Å². The first-order valence-corrected chi connectivity index (χ1v) is 7.07. The Balaban J connectivity index is 2.32. The highest BCUT2D eigenvalue weighted by atomic mass is 16.7. The summed E-state index contributed by atoms with van der Waals surface area (Å²) in [5.41, 5.74) is 4.87. The molecule has 1 aliphatic heterocycles. The van der Waals surface area contributed by atoms with Gasteiger partial charge in [0.2, 0.25) is 11.8 Å². The van der Waals surface area contributed by atoms with Crippen molar-refractivity contribution >= 4 is 35.6 Å². The predicted octanol–water partition coefficient (Wildman–Crippen LogP) is -1.79. The Bertz CT molecular complexity index is 558. The number of nitrogens with one attached hydrogen (secondary N) is 1. The molecule has 1 fully saturated rings. The van der Waals surface area contributed by atoms with Gasteiger partial charge in [-0.25, -0.2) is 9.59 Å². The third-order valence-corrected chi connectivity index (χ3v) is 3.02. The van der Waals surface area contributed by atoms with E-state index < -0.39 is 48.0 Å². The van der Waals surface area contributed by atoms with Gasteiger partial charge in [0.05, 0.1) is 6.42 Å². The first kappa shape index (κ1) is 19.1. The molecule has 0 aromatic rings. The Hall–Kier alpha value is -2.98. The van der Waals surface area contributed by atoms with Crippen LogP contribution < -0.4 is 11.1 Å². The van der Waals surface area contributed by atoms with Crippen molar-refractivity contribution < 1.29 is 38.7 Å². The van der Waals surface area contributed by atoms with Gasteiger partial charge in [-0.15, -0.1) is 5.06 Å². The van der Waals surface area contributed by atoms with E-state index in [2.05, 4.69) is 10.2 Å². The Morgan fingerprint density at radius 1 is 1.17 bits per heavy atom. The van der Waals surface area contributed by atoms with Crippen LogP contribution in [0, 0.1) is 0 Å². The minimum Gasteiger partial charge on any atom is -0.480 e. The molecule has 0 aromatic heterocycles. The summed E-state index contributed by atoms with van der Waals surface area (Å²) in [7, 11) is 0. The highest BCUT2D eigenvalue weighted by molar-refractivity contribution is 6.01. The van der Waals surface area contributed by atoms with Crippen molar-refractivity contribution in [1.82, 2.24) is 10.4 Å². The van der Waals surface area contributed by atoms with Gasteiger partial charge >= 0.3 is 11.9 Å². The van der Waals surface area contributed by atoms with Gasteiger partial charge < -0.3 is 21.0 Å². The summed E-state index contributed by atoms with van der Waals surface area (Å²) in [6.45, 7) is 0. The zero-order chi connectivity index (χ0) is 18.3. The Kier molecular flexibility index (Phi) is 6.83. The molecule has 1 aliphatic rings. The van der Waals surface area contributed by atoms with Crippen LogP contribution >= 0.6 is 0 Å². The maximum atomic E-state index is 11.6. The Morgan fingerprint density at radius 2 is 1.75 bits per heavy atom. The zero-order valence-corrected chi connectivity index (χ0v) is 12.6. The third-order valence-electron chi connectivity index (χ3n) is 3.02. The molecule has 0 spiro atoms. The summed E-state index contributed by atoms with van der Waals surface area (Å²) in [6.07, 6.45) is -1.06. The van der Waals surface area contributed by atoms with Crippen LogP contribution in [0.25, 0.3) is 0 Å². The number of amides is 4. The van der Waals surface area contributed by atoms with Crippen molar-refractivity contribution in [3.63, 3.8) is 0 Å². The van der Waals surface area contributed by atoms with E-state index in [-0.39, 0.29) is 32.1 Å². The second-order valence-electron chi connectivity index (χ2n) is 5.03. The molecule has 1 atom stereocenters. The van der Waals surface area contributed by atoms with Crippen molar-refractivity contribution in [3.8, 4) is 0 Å². The van der Waals surface area contributed by atoms with E-state index >= 15 is 0 Å². The maximum absolute atomic E-state index is 11.6. The summed E-state index contributed by atoms with van der Waals surface area (Å²) in [4.78, 5) is 71.7. The van der Waals surface area contributed by atoms with Gasteiger partial charge in [0.15, 0.2) is 0 Å². The van der Waals surface area contributed by atoms with Crippen molar-refractivity contribution in [1.29, 1.82) is 0 Å². The molecule has 1 saturated heterocycles. The highest BCUT2D eigenvalue weighted by Gasteiger charge is 2.32. The second-order valence-corrected chi connectivity index (χ2v) is 5.03. The van der Waals surface area contributed by atoms with Crippen molar-refractivity contribution in [2.75, 3.05) is 0 Å². The van der Waals surface area contributed by atoms with Crippen molar-refractivity contribution in [3.05, 3.63) is 0 Å². The van der Waals surface area contributed by atoms with Crippen LogP contribution in [0.4, 0.5) is 0 Å². The molecule has 0 saturated carbocycles. The van der Waals surface area contributed by atoms with E-state index in [1.165, 1.54) is 0 Å². The number of carboxylic acid groups (broad SMARTS) is 1. The number of aliphatic carboxylic acids is 1. The van der Waals surface area contributed by atoms with Crippen LogP contribution in [0.5, 0.6) is 0 Å². The molecule has 11 heteroatoms. The lowest BCUT2D eigenvalue weighted by molar-refractivity contribution is -0.197. The standard InChI is InChI=1S/C13H17N3O8/c14-8(17)6-7(13(22)23)15-9(18)2-1-3-12(21)24-16-10(19)4-5-11(16)20/h7H,1-6H2,(H2,14,17)(H,15,18)(H,22,23)/t7-/m0/s1. The van der Waals surface area contributed by atoms with E-state index in [0.717, 1.165) is 0 Å². The van der Waals surface area contributed by atoms with Crippen LogP contribution in [0.2, 0.25) is 0 Å². The minimum absolute atomic E-state index is 0.00377. The number of hydroxylamine groups is 2. The zero-order valence-electron chi connectivity index (χ0n) is 12.6. The van der Waals surface area contributed by atoms with E-state index in [4.69, 9.17) is 10.8 Å². The molecule has 4 N–H and O–H groups in total. The van der Waals surface area contributed by atoms with Crippen LogP contribution in [-0.2, 0) is 33.6 Å². The van der Waals surface area contributed by atoms with Gasteiger partial charge in [0.25, 0.3) is 11.8 Å². The molecule has 1 rings (SSSR count). The molecule has 24 heavy (non-hydrogen) atoms. The van der Waals surface area contributed by atoms with Gasteiger partial charge in [-0.05, 0) is 6.42 Å². The molecule has 0 aliphatic carbocycles. The number of carbonyl (C=O) groups excluding carboxylic acids is 5. The van der Waals surface area contributed by atoms with Gasteiger partial charge in [-0.2, -0.15) is 0 Å². The summed E-state index contributed by atoms with van der Waals surface area (Å²) in [6, 6.07) is -1.44. The number of imide groups is 1. The molecular formula is C13H17N3O8. The predicted molar refractivity (Wildman–Crippen MR) is 74.4 cm³/mol. The SMILES string of the molecule is NC(=O)C[C@H](NC(=O)CCCC(=O)ON1C(=O)CCC1=O)C(=O)O. The number of nitrogens with zero attached hydrogens (tertiary/aromatic N) is 1. The van der Waals surface area contributed by atoms with Gasteiger partial charge in [-0.1, -0.05) is 0 Å². The number of carboxylic acids is 1. The topological polar surface area (TPSA) is 173 Å². The third kappa shape index (κ3) is 6.02.